The summed E-state index contributed by atoms with van der Waals surface area (Å²) in [5.41, 5.74) is 9.23. The maximum atomic E-state index is 11.0. The number of primary amides is 1. The smallest absolute Gasteiger partial charge is 0.405 e. The maximum Gasteiger partial charge on any atom is 0.405 e. The fourth-order valence-corrected chi connectivity index (χ4v) is 3.32. The Morgan fingerprint density at radius 2 is 2.00 bits per heavy atom. The second-order valence-corrected chi connectivity index (χ2v) is 6.20. The molecule has 0 fully saturated rings. The van der Waals surface area contributed by atoms with Gasteiger partial charge in [-0.1, -0.05) is 41.4 Å². The van der Waals surface area contributed by atoms with Gasteiger partial charge in [0, 0.05) is 15.6 Å². The summed E-state index contributed by atoms with van der Waals surface area (Å²) < 4.78 is 5.20. The van der Waals surface area contributed by atoms with Gasteiger partial charge in [-0.15, -0.1) is 0 Å². The Bertz CT molecular complexity index is 731. The molecule has 22 heavy (non-hydrogen) atoms. The van der Waals surface area contributed by atoms with E-state index in [1.807, 2.05) is 18.2 Å². The number of nitrogens with two attached hydrogens (primary N) is 1. The lowest BCUT2D eigenvalue weighted by Crippen LogP contribution is -2.20. The summed E-state index contributed by atoms with van der Waals surface area (Å²) in [4.78, 5) is 11.0. The average molecular weight is 336 g/mol. The van der Waals surface area contributed by atoms with Crippen LogP contribution in [0.3, 0.4) is 0 Å². The highest BCUT2D eigenvalue weighted by Crippen LogP contribution is 2.37. The number of carbonyl (C=O) groups is 1. The lowest BCUT2D eigenvalue weighted by Gasteiger charge is -2.25. The molecule has 0 aromatic heterocycles. The maximum absolute atomic E-state index is 11.0. The molecular formula is C17H15Cl2NO2. The van der Waals surface area contributed by atoms with Gasteiger partial charge >= 0.3 is 6.09 Å². The van der Waals surface area contributed by atoms with Crippen molar-refractivity contribution >= 4 is 29.3 Å². The molecule has 3 nitrogen and oxygen atoms in total. The Labute approximate surface area is 139 Å². The third kappa shape index (κ3) is 3.06. The van der Waals surface area contributed by atoms with Crippen molar-refractivity contribution in [3.05, 3.63) is 57.6 Å². The molecule has 1 amide bonds. The van der Waals surface area contributed by atoms with Gasteiger partial charge < -0.3 is 10.5 Å². The van der Waals surface area contributed by atoms with Crippen molar-refractivity contribution in [1.29, 1.82) is 0 Å². The lowest BCUT2D eigenvalue weighted by molar-refractivity contribution is 0.0959. The molecule has 0 saturated heterocycles. The van der Waals surface area contributed by atoms with Crippen LogP contribution in [0.15, 0.2) is 36.4 Å². The summed E-state index contributed by atoms with van der Waals surface area (Å²) >= 11 is 12.3. The van der Waals surface area contributed by atoms with Crippen LogP contribution in [0.1, 0.15) is 30.1 Å². The molecule has 1 aliphatic rings. The zero-order valence-electron chi connectivity index (χ0n) is 11.8. The number of fused-ring (bicyclic) bond motifs is 1. The molecule has 3 rings (SSSR count). The number of carbonyl (C=O) groups excluding carboxylic acids is 1. The molecular weight excluding hydrogens is 321 g/mol. The molecule has 2 aromatic rings. The van der Waals surface area contributed by atoms with E-state index >= 15 is 0 Å². The minimum atomic E-state index is -0.736. The molecule has 114 valence electrons. The number of ether oxygens (including phenoxy) is 1. The molecule has 1 atom stereocenters. The van der Waals surface area contributed by atoms with Crippen LogP contribution in [0.5, 0.6) is 0 Å². The lowest BCUT2D eigenvalue weighted by atomic mass is 9.87. The predicted molar refractivity (Wildman–Crippen MR) is 88.2 cm³/mol. The summed E-state index contributed by atoms with van der Waals surface area (Å²) in [5.74, 6) is 0. The van der Waals surface area contributed by atoms with Gasteiger partial charge in [-0.25, -0.2) is 4.79 Å². The van der Waals surface area contributed by atoms with Gasteiger partial charge in [0.25, 0.3) is 0 Å². The van der Waals surface area contributed by atoms with Crippen molar-refractivity contribution in [3.8, 4) is 11.1 Å². The first-order valence-electron chi connectivity index (χ1n) is 7.09. The number of halogens is 2. The molecule has 0 heterocycles. The number of aryl methyl sites for hydroxylation is 1. The van der Waals surface area contributed by atoms with E-state index in [0.717, 1.165) is 41.5 Å². The van der Waals surface area contributed by atoms with E-state index in [1.165, 1.54) is 0 Å². The Balaban J connectivity index is 2.00. The highest BCUT2D eigenvalue weighted by atomic mass is 35.5. The second kappa shape index (κ2) is 6.19. The first kappa shape index (κ1) is 15.2. The Morgan fingerprint density at radius 1 is 1.18 bits per heavy atom. The summed E-state index contributed by atoms with van der Waals surface area (Å²) in [7, 11) is 0. The van der Waals surface area contributed by atoms with Crippen LogP contribution < -0.4 is 5.73 Å². The molecule has 1 unspecified atom stereocenters. The van der Waals surface area contributed by atoms with Gasteiger partial charge in [-0.3, -0.25) is 0 Å². The van der Waals surface area contributed by atoms with Crippen LogP contribution in [-0.4, -0.2) is 6.09 Å². The highest BCUT2D eigenvalue weighted by molar-refractivity contribution is 6.35. The first-order valence-corrected chi connectivity index (χ1v) is 7.84. The van der Waals surface area contributed by atoms with Gasteiger partial charge in [0.05, 0.1) is 0 Å². The van der Waals surface area contributed by atoms with Gasteiger partial charge in [-0.2, -0.15) is 0 Å². The standard InChI is InChI=1S/C17H15Cl2NO2/c18-12-5-7-15(19)14(9-12)11-4-6-13-10(8-11)2-1-3-16(13)22-17(20)21/h4-9,16H,1-3H2,(H2,20,21). The van der Waals surface area contributed by atoms with Crippen LogP contribution in [0.25, 0.3) is 11.1 Å². The van der Waals surface area contributed by atoms with E-state index in [9.17, 15) is 4.79 Å². The quantitative estimate of drug-likeness (QED) is 0.826. The molecule has 1 aliphatic carbocycles. The van der Waals surface area contributed by atoms with E-state index < -0.39 is 6.09 Å². The van der Waals surface area contributed by atoms with Crippen LogP contribution in [0, 0.1) is 0 Å². The zero-order valence-corrected chi connectivity index (χ0v) is 13.3. The van der Waals surface area contributed by atoms with Crippen molar-refractivity contribution in [1.82, 2.24) is 0 Å². The Morgan fingerprint density at radius 3 is 2.77 bits per heavy atom. The van der Waals surface area contributed by atoms with Crippen molar-refractivity contribution < 1.29 is 9.53 Å². The average Bonchev–Trinajstić information content (AvgIpc) is 2.49. The van der Waals surface area contributed by atoms with Gasteiger partial charge in [-0.05, 0) is 54.2 Å². The van der Waals surface area contributed by atoms with Crippen LogP contribution in [0.2, 0.25) is 10.0 Å². The summed E-state index contributed by atoms with van der Waals surface area (Å²) in [6.07, 6.45) is 1.70. The third-order valence-electron chi connectivity index (χ3n) is 3.90. The molecule has 0 aliphatic heterocycles. The van der Waals surface area contributed by atoms with E-state index in [-0.39, 0.29) is 6.10 Å². The SMILES string of the molecule is NC(=O)OC1CCCc2cc(-c3cc(Cl)ccc3Cl)ccc21. The summed E-state index contributed by atoms with van der Waals surface area (Å²) in [6.45, 7) is 0. The van der Waals surface area contributed by atoms with Crippen molar-refractivity contribution in [2.45, 2.75) is 25.4 Å². The van der Waals surface area contributed by atoms with E-state index in [0.29, 0.717) is 10.0 Å². The molecule has 2 N–H and O–H groups in total. The van der Waals surface area contributed by atoms with Crippen molar-refractivity contribution in [2.24, 2.45) is 5.73 Å². The van der Waals surface area contributed by atoms with Gasteiger partial charge in [0.2, 0.25) is 0 Å². The number of benzene rings is 2. The fourth-order valence-electron chi connectivity index (χ4n) is 2.92. The molecule has 0 spiro atoms. The third-order valence-corrected chi connectivity index (χ3v) is 4.46. The number of amides is 1. The predicted octanol–water partition coefficient (Wildman–Crippen LogP) is 5.13. The Kier molecular flexibility index (Phi) is 4.27. The number of hydrogen-bond donors (Lipinski definition) is 1. The molecule has 0 radical (unpaired) electrons. The topological polar surface area (TPSA) is 52.3 Å². The fraction of sp³-hybridized carbons (Fsp3) is 0.235. The van der Waals surface area contributed by atoms with Crippen LogP contribution in [0.4, 0.5) is 4.79 Å². The highest BCUT2D eigenvalue weighted by Gasteiger charge is 2.23. The normalized spacial score (nSPS) is 16.9. The minimum Gasteiger partial charge on any atom is -0.442 e. The van der Waals surface area contributed by atoms with E-state index in [1.54, 1.807) is 12.1 Å². The van der Waals surface area contributed by atoms with Crippen molar-refractivity contribution in [3.63, 3.8) is 0 Å². The molecule has 5 heteroatoms. The zero-order chi connectivity index (χ0) is 15.7. The number of hydrogen-bond acceptors (Lipinski definition) is 2. The minimum absolute atomic E-state index is 0.259. The van der Waals surface area contributed by atoms with Gasteiger partial charge in [0.1, 0.15) is 6.10 Å². The summed E-state index contributed by atoms with van der Waals surface area (Å²) in [6, 6.07) is 11.4. The molecule has 2 aromatic carbocycles. The largest absolute Gasteiger partial charge is 0.442 e. The van der Waals surface area contributed by atoms with Crippen LogP contribution >= 0.6 is 23.2 Å². The summed E-state index contributed by atoms with van der Waals surface area (Å²) in [5, 5.41) is 1.30. The van der Waals surface area contributed by atoms with E-state index in [2.05, 4.69) is 6.07 Å². The first-order chi connectivity index (χ1) is 10.5. The van der Waals surface area contributed by atoms with Gasteiger partial charge in [0.15, 0.2) is 0 Å². The Hall–Kier alpha value is -1.71. The monoisotopic (exact) mass is 335 g/mol. The van der Waals surface area contributed by atoms with Crippen LogP contribution in [-0.2, 0) is 11.2 Å². The number of rotatable bonds is 2. The van der Waals surface area contributed by atoms with E-state index in [4.69, 9.17) is 33.7 Å². The molecule has 0 saturated carbocycles. The second-order valence-electron chi connectivity index (χ2n) is 5.36. The van der Waals surface area contributed by atoms with Crippen molar-refractivity contribution in [2.75, 3.05) is 0 Å². The molecule has 0 bridgehead atoms.